The predicted octanol–water partition coefficient (Wildman–Crippen LogP) is 6.03. The van der Waals surface area contributed by atoms with E-state index < -0.39 is 0 Å². The van der Waals surface area contributed by atoms with Crippen molar-refractivity contribution >= 4 is 49.9 Å². The van der Waals surface area contributed by atoms with Crippen molar-refractivity contribution < 1.29 is 4.42 Å². The number of nitrogens with zero attached hydrogens (tertiary/aromatic N) is 4. The summed E-state index contributed by atoms with van der Waals surface area (Å²) in [7, 11) is 0. The molecule has 0 saturated heterocycles. The smallest absolute Gasteiger partial charge is 0.227 e. The van der Waals surface area contributed by atoms with E-state index >= 15 is 0 Å². The minimum Gasteiger partial charge on any atom is -0.437 e. The summed E-state index contributed by atoms with van der Waals surface area (Å²) in [6.45, 7) is 2.06. The molecule has 0 aliphatic heterocycles. The van der Waals surface area contributed by atoms with Gasteiger partial charge in [-0.3, -0.25) is 8.97 Å². The van der Waals surface area contributed by atoms with Crippen molar-refractivity contribution in [2.24, 2.45) is 0 Å². The van der Waals surface area contributed by atoms with Crippen LogP contribution in [-0.2, 0) is 0 Å². The zero-order valence-corrected chi connectivity index (χ0v) is 16.2. The van der Waals surface area contributed by atoms with Gasteiger partial charge in [-0.25, -0.2) is 9.97 Å². The van der Waals surface area contributed by atoms with Crippen LogP contribution in [0.4, 0.5) is 0 Å². The van der Waals surface area contributed by atoms with Crippen molar-refractivity contribution in [2.45, 2.75) is 6.92 Å². The molecule has 0 radical (unpaired) electrons. The molecule has 0 saturated carbocycles. The van der Waals surface area contributed by atoms with E-state index in [4.69, 9.17) is 9.40 Å². The van der Waals surface area contributed by atoms with Crippen LogP contribution in [0.3, 0.4) is 0 Å². The Morgan fingerprint density at radius 1 is 0.800 bits per heavy atom. The van der Waals surface area contributed by atoms with Crippen LogP contribution in [0.5, 0.6) is 0 Å². The van der Waals surface area contributed by atoms with Crippen LogP contribution in [0, 0.1) is 6.92 Å². The van der Waals surface area contributed by atoms with Gasteiger partial charge in [0.2, 0.25) is 11.5 Å². The molecule has 0 fully saturated rings. The molecule has 7 rings (SSSR count). The Hall–Kier alpha value is -4.12. The van der Waals surface area contributed by atoms with Crippen LogP contribution in [0.15, 0.2) is 83.4 Å². The van der Waals surface area contributed by atoms with Crippen LogP contribution in [0.2, 0.25) is 0 Å². The lowest BCUT2D eigenvalue weighted by atomic mass is 10.1. The van der Waals surface area contributed by atoms with E-state index in [1.165, 1.54) is 0 Å². The van der Waals surface area contributed by atoms with E-state index in [-0.39, 0.29) is 0 Å². The van der Waals surface area contributed by atoms with Crippen LogP contribution in [0.1, 0.15) is 5.56 Å². The largest absolute Gasteiger partial charge is 0.437 e. The highest BCUT2D eigenvalue weighted by Gasteiger charge is 2.18. The van der Waals surface area contributed by atoms with E-state index in [1.54, 1.807) is 0 Å². The van der Waals surface area contributed by atoms with Crippen molar-refractivity contribution in [1.29, 1.82) is 0 Å². The number of fused-ring (bicyclic) bond motifs is 8. The van der Waals surface area contributed by atoms with Gasteiger partial charge in [0.1, 0.15) is 5.58 Å². The molecule has 4 heterocycles. The first kappa shape index (κ1) is 15.8. The van der Waals surface area contributed by atoms with Gasteiger partial charge in [-0.1, -0.05) is 42.5 Å². The molecular weight excluding hydrogens is 372 g/mol. The van der Waals surface area contributed by atoms with E-state index in [2.05, 4.69) is 87.6 Å². The van der Waals surface area contributed by atoms with Gasteiger partial charge >= 0.3 is 0 Å². The van der Waals surface area contributed by atoms with Gasteiger partial charge in [-0.2, -0.15) is 0 Å². The summed E-state index contributed by atoms with van der Waals surface area (Å²) < 4.78 is 10.4. The van der Waals surface area contributed by atoms with E-state index in [9.17, 15) is 0 Å². The van der Waals surface area contributed by atoms with Gasteiger partial charge in [0.15, 0.2) is 0 Å². The van der Waals surface area contributed by atoms with Crippen LogP contribution in [0.25, 0.3) is 55.6 Å². The highest BCUT2D eigenvalue weighted by atomic mass is 16.3. The zero-order valence-electron chi connectivity index (χ0n) is 16.2. The standard InChI is InChI=1S/C25H16N4O/c1-15-7-6-8-17-18-13-16(14-26-24(18)30-23(15)17)28-21-11-4-5-12-22(21)29-20-10-3-2-9-19(20)27-25(28)29/h2-14H,1H3. The number of furan rings is 1. The van der Waals surface area contributed by atoms with E-state index in [0.29, 0.717) is 5.71 Å². The molecule has 3 aromatic carbocycles. The summed E-state index contributed by atoms with van der Waals surface area (Å²) in [4.78, 5) is 9.61. The molecule has 0 unspecified atom stereocenters. The van der Waals surface area contributed by atoms with Crippen LogP contribution < -0.4 is 0 Å². The van der Waals surface area contributed by atoms with Gasteiger partial charge < -0.3 is 4.42 Å². The number of imidazole rings is 2. The maximum Gasteiger partial charge on any atom is 0.227 e. The second-order valence-electron chi connectivity index (χ2n) is 7.66. The number of aromatic nitrogens is 4. The Kier molecular flexibility index (Phi) is 2.88. The van der Waals surface area contributed by atoms with Crippen molar-refractivity contribution in [3.8, 4) is 5.69 Å². The molecule has 0 bridgehead atoms. The molecule has 5 heteroatoms. The first-order valence-corrected chi connectivity index (χ1v) is 9.94. The lowest BCUT2D eigenvalue weighted by Gasteiger charge is -2.04. The number of benzene rings is 3. The average Bonchev–Trinajstić information content (AvgIpc) is 3.42. The molecule has 0 aliphatic carbocycles. The Morgan fingerprint density at radius 3 is 2.50 bits per heavy atom. The number of aryl methyl sites for hydroxylation is 1. The summed E-state index contributed by atoms with van der Waals surface area (Å²) in [5, 5.41) is 2.10. The van der Waals surface area contributed by atoms with Gasteiger partial charge in [0, 0.05) is 5.39 Å². The predicted molar refractivity (Wildman–Crippen MR) is 119 cm³/mol. The van der Waals surface area contributed by atoms with E-state index in [1.807, 2.05) is 12.3 Å². The van der Waals surface area contributed by atoms with Crippen LogP contribution in [-0.4, -0.2) is 18.9 Å². The molecule has 0 amide bonds. The monoisotopic (exact) mass is 388 g/mol. The Morgan fingerprint density at radius 2 is 1.60 bits per heavy atom. The Balaban J connectivity index is 1.64. The van der Waals surface area contributed by atoms with Crippen LogP contribution >= 0.6 is 0 Å². The third kappa shape index (κ3) is 1.91. The molecule has 5 nitrogen and oxygen atoms in total. The molecule has 7 aromatic rings. The topological polar surface area (TPSA) is 48.3 Å². The molecular formula is C25H16N4O. The first-order chi connectivity index (χ1) is 14.8. The van der Waals surface area contributed by atoms with Crippen molar-refractivity contribution in [2.75, 3.05) is 0 Å². The summed E-state index contributed by atoms with van der Waals surface area (Å²) in [6.07, 6.45) is 1.87. The highest BCUT2D eigenvalue weighted by molar-refractivity contribution is 6.05. The summed E-state index contributed by atoms with van der Waals surface area (Å²) in [6, 6.07) is 25.0. The number of hydrogen-bond donors (Lipinski definition) is 0. The van der Waals surface area contributed by atoms with Gasteiger partial charge in [0.25, 0.3) is 0 Å². The second kappa shape index (κ2) is 5.48. The SMILES string of the molecule is Cc1cccc2c1oc1ncc(-n3c4ccccc4n4c5ccccc5nc34)cc12. The second-order valence-corrected chi connectivity index (χ2v) is 7.66. The third-order valence-corrected chi connectivity index (χ3v) is 5.90. The first-order valence-electron chi connectivity index (χ1n) is 9.94. The van der Waals surface area contributed by atoms with Gasteiger partial charge in [-0.05, 0) is 42.8 Å². The fourth-order valence-electron chi connectivity index (χ4n) is 4.54. The fraction of sp³-hybridized carbons (Fsp3) is 0.0400. The normalized spacial score (nSPS) is 12.2. The minimum absolute atomic E-state index is 0.657. The summed E-state index contributed by atoms with van der Waals surface area (Å²) in [5.41, 5.74) is 7.92. The maximum absolute atomic E-state index is 6.04. The maximum atomic E-state index is 6.04. The van der Waals surface area contributed by atoms with Crippen molar-refractivity contribution in [1.82, 2.24) is 18.9 Å². The summed E-state index contributed by atoms with van der Waals surface area (Å²) >= 11 is 0. The molecule has 4 aromatic heterocycles. The molecule has 0 N–H and O–H groups in total. The number of pyridine rings is 1. The van der Waals surface area contributed by atoms with Crippen molar-refractivity contribution in [3.63, 3.8) is 0 Å². The quantitative estimate of drug-likeness (QED) is 0.345. The third-order valence-electron chi connectivity index (χ3n) is 5.90. The minimum atomic E-state index is 0.657. The number of hydrogen-bond acceptors (Lipinski definition) is 3. The number of rotatable bonds is 1. The van der Waals surface area contributed by atoms with E-state index in [0.717, 1.165) is 55.5 Å². The number of para-hydroxylation sites is 5. The molecule has 0 aliphatic rings. The fourth-order valence-corrected chi connectivity index (χ4v) is 4.54. The average molecular weight is 388 g/mol. The van der Waals surface area contributed by atoms with Gasteiger partial charge in [0.05, 0.1) is 39.3 Å². The van der Waals surface area contributed by atoms with Gasteiger partial charge in [-0.15, -0.1) is 0 Å². The lowest BCUT2D eigenvalue weighted by Crippen LogP contribution is -1.95. The summed E-state index contributed by atoms with van der Waals surface area (Å²) in [5.74, 6) is 0.877. The molecule has 142 valence electrons. The Bertz CT molecular complexity index is 1770. The molecule has 30 heavy (non-hydrogen) atoms. The highest BCUT2D eigenvalue weighted by Crippen LogP contribution is 2.33. The lowest BCUT2D eigenvalue weighted by molar-refractivity contribution is 0.651. The Labute approximate surface area is 170 Å². The zero-order chi connectivity index (χ0) is 19.8. The molecule has 0 atom stereocenters. The molecule has 0 spiro atoms. The van der Waals surface area contributed by atoms with Crippen molar-refractivity contribution in [3.05, 3.63) is 84.6 Å².